The molecule has 1 aliphatic heterocycles. The standard InChI is InChI=1S/C22H31N3O6/c1-22(2,3)31-21(30)24-17(13-15-7-5-4-6-8-15)20(29)25-11-9-16(10-12-25)19(28)23-14-18(26)27/h4-8,16-17H,9-14H2,1-3H3,(H,23,28)(H,24,30)(H,26,27)/t17-/m0/s1. The second-order valence-electron chi connectivity index (χ2n) is 8.60. The van der Waals surface area contributed by atoms with Crippen molar-refractivity contribution in [3.05, 3.63) is 35.9 Å². The highest BCUT2D eigenvalue weighted by molar-refractivity contribution is 5.87. The lowest BCUT2D eigenvalue weighted by Gasteiger charge is -2.34. The van der Waals surface area contributed by atoms with Crippen LogP contribution in [0.3, 0.4) is 0 Å². The number of alkyl carbamates (subject to hydrolysis) is 1. The molecule has 3 N–H and O–H groups in total. The average Bonchev–Trinajstić information content (AvgIpc) is 2.70. The van der Waals surface area contributed by atoms with Gasteiger partial charge in [-0.2, -0.15) is 0 Å². The van der Waals surface area contributed by atoms with E-state index in [0.29, 0.717) is 32.4 Å². The number of amides is 3. The monoisotopic (exact) mass is 433 g/mol. The number of carboxylic acids is 1. The zero-order valence-corrected chi connectivity index (χ0v) is 18.2. The molecule has 1 aliphatic rings. The second-order valence-corrected chi connectivity index (χ2v) is 8.60. The molecule has 1 atom stereocenters. The van der Waals surface area contributed by atoms with E-state index in [1.54, 1.807) is 25.7 Å². The first-order valence-corrected chi connectivity index (χ1v) is 10.4. The smallest absolute Gasteiger partial charge is 0.408 e. The van der Waals surface area contributed by atoms with Gasteiger partial charge in [0.1, 0.15) is 18.2 Å². The molecule has 0 spiro atoms. The number of carbonyl (C=O) groups excluding carboxylic acids is 3. The summed E-state index contributed by atoms with van der Waals surface area (Å²) in [6, 6.07) is 8.58. The van der Waals surface area contributed by atoms with Gasteiger partial charge in [0.25, 0.3) is 0 Å². The molecule has 1 aromatic carbocycles. The molecule has 1 aromatic rings. The number of hydrogen-bond donors (Lipinski definition) is 3. The van der Waals surface area contributed by atoms with Gasteiger partial charge in [-0.05, 0) is 39.2 Å². The number of carboxylic acid groups (broad SMARTS) is 1. The van der Waals surface area contributed by atoms with Crippen molar-refractivity contribution in [2.24, 2.45) is 5.92 Å². The number of likely N-dealkylation sites (tertiary alicyclic amines) is 1. The van der Waals surface area contributed by atoms with E-state index in [1.165, 1.54) is 0 Å². The molecule has 9 heteroatoms. The number of carbonyl (C=O) groups is 4. The third-order valence-corrected chi connectivity index (χ3v) is 4.86. The van der Waals surface area contributed by atoms with E-state index in [0.717, 1.165) is 5.56 Å². The van der Waals surface area contributed by atoms with Crippen molar-refractivity contribution >= 4 is 23.9 Å². The molecule has 1 heterocycles. The predicted molar refractivity (Wildman–Crippen MR) is 113 cm³/mol. The normalized spacial score (nSPS) is 15.6. The molecule has 1 fully saturated rings. The van der Waals surface area contributed by atoms with Crippen LogP contribution in [0.4, 0.5) is 4.79 Å². The van der Waals surface area contributed by atoms with Crippen LogP contribution in [-0.4, -0.2) is 65.2 Å². The molecule has 0 aromatic heterocycles. The Kier molecular flexibility index (Phi) is 8.41. The molecule has 9 nitrogen and oxygen atoms in total. The molecular weight excluding hydrogens is 402 g/mol. The van der Waals surface area contributed by atoms with E-state index in [4.69, 9.17) is 9.84 Å². The van der Waals surface area contributed by atoms with E-state index < -0.39 is 30.3 Å². The average molecular weight is 434 g/mol. The molecule has 31 heavy (non-hydrogen) atoms. The number of aliphatic carboxylic acids is 1. The number of hydrogen-bond acceptors (Lipinski definition) is 5. The second kappa shape index (κ2) is 10.8. The lowest BCUT2D eigenvalue weighted by molar-refractivity contribution is -0.139. The highest BCUT2D eigenvalue weighted by Crippen LogP contribution is 2.19. The topological polar surface area (TPSA) is 125 Å². The largest absolute Gasteiger partial charge is 0.480 e. The SMILES string of the molecule is CC(C)(C)OC(=O)N[C@@H](Cc1ccccc1)C(=O)N1CCC(C(=O)NCC(=O)O)CC1. The van der Waals surface area contributed by atoms with Crippen molar-refractivity contribution in [1.29, 1.82) is 0 Å². The van der Waals surface area contributed by atoms with Gasteiger partial charge >= 0.3 is 12.1 Å². The Labute approximate surface area is 182 Å². The van der Waals surface area contributed by atoms with Crippen LogP contribution in [0.5, 0.6) is 0 Å². The Balaban J connectivity index is 2.01. The van der Waals surface area contributed by atoms with Gasteiger partial charge in [0.2, 0.25) is 11.8 Å². The highest BCUT2D eigenvalue weighted by atomic mass is 16.6. The van der Waals surface area contributed by atoms with E-state index in [-0.39, 0.29) is 17.7 Å². The summed E-state index contributed by atoms with van der Waals surface area (Å²) in [5.41, 5.74) is 0.214. The molecule has 1 saturated heterocycles. The maximum absolute atomic E-state index is 13.2. The summed E-state index contributed by atoms with van der Waals surface area (Å²) < 4.78 is 5.32. The Morgan fingerprint density at radius 1 is 1.13 bits per heavy atom. The first-order valence-electron chi connectivity index (χ1n) is 10.4. The van der Waals surface area contributed by atoms with E-state index in [1.807, 2.05) is 30.3 Å². The van der Waals surface area contributed by atoms with Crippen molar-refractivity contribution in [3.8, 4) is 0 Å². The van der Waals surface area contributed by atoms with Crippen LogP contribution in [0.15, 0.2) is 30.3 Å². The quantitative estimate of drug-likeness (QED) is 0.599. The van der Waals surface area contributed by atoms with E-state index in [2.05, 4.69) is 10.6 Å². The number of piperidine rings is 1. The molecule has 0 unspecified atom stereocenters. The van der Waals surface area contributed by atoms with Crippen molar-refractivity contribution in [1.82, 2.24) is 15.5 Å². The predicted octanol–water partition coefficient (Wildman–Crippen LogP) is 1.56. The van der Waals surface area contributed by atoms with Crippen LogP contribution < -0.4 is 10.6 Å². The number of nitrogens with zero attached hydrogens (tertiary/aromatic N) is 1. The summed E-state index contributed by atoms with van der Waals surface area (Å²) in [6.45, 7) is 5.54. The molecule has 0 saturated carbocycles. The third kappa shape index (κ3) is 8.27. The highest BCUT2D eigenvalue weighted by Gasteiger charge is 2.32. The summed E-state index contributed by atoms with van der Waals surface area (Å²) in [7, 11) is 0. The Bertz CT molecular complexity index is 782. The first kappa shape index (κ1) is 24.2. The van der Waals surface area contributed by atoms with E-state index >= 15 is 0 Å². The molecule has 0 radical (unpaired) electrons. The van der Waals surface area contributed by atoms with Crippen molar-refractivity contribution < 1.29 is 29.0 Å². The third-order valence-electron chi connectivity index (χ3n) is 4.86. The Morgan fingerprint density at radius 2 is 1.74 bits per heavy atom. The molecule has 0 bridgehead atoms. The van der Waals surface area contributed by atoms with Crippen molar-refractivity contribution in [3.63, 3.8) is 0 Å². The van der Waals surface area contributed by atoms with Gasteiger partial charge in [-0.3, -0.25) is 14.4 Å². The Hall–Kier alpha value is -3.10. The zero-order valence-electron chi connectivity index (χ0n) is 18.2. The first-order chi connectivity index (χ1) is 14.5. The van der Waals surface area contributed by atoms with Crippen molar-refractivity contribution in [2.75, 3.05) is 19.6 Å². The van der Waals surface area contributed by atoms with Gasteiger partial charge in [0.15, 0.2) is 0 Å². The number of nitrogens with one attached hydrogen (secondary N) is 2. The van der Waals surface area contributed by atoms with Gasteiger partial charge in [0.05, 0.1) is 0 Å². The van der Waals surface area contributed by atoms with Crippen LogP contribution in [0, 0.1) is 5.92 Å². The van der Waals surface area contributed by atoms with Gasteiger partial charge in [-0.1, -0.05) is 30.3 Å². The van der Waals surface area contributed by atoms with E-state index in [9.17, 15) is 19.2 Å². The van der Waals surface area contributed by atoms with Crippen LogP contribution in [0.2, 0.25) is 0 Å². The zero-order chi connectivity index (χ0) is 23.0. The summed E-state index contributed by atoms with van der Waals surface area (Å²) in [6.07, 6.45) is 0.520. The fourth-order valence-corrected chi connectivity index (χ4v) is 3.39. The van der Waals surface area contributed by atoms with Crippen LogP contribution in [0.25, 0.3) is 0 Å². The molecule has 170 valence electrons. The summed E-state index contributed by atoms with van der Waals surface area (Å²) in [5, 5.41) is 13.8. The number of benzene rings is 1. The lowest BCUT2D eigenvalue weighted by Crippen LogP contribution is -2.53. The van der Waals surface area contributed by atoms with Gasteiger partial charge in [-0.25, -0.2) is 4.79 Å². The molecule has 3 amide bonds. The maximum Gasteiger partial charge on any atom is 0.408 e. The molecule has 0 aliphatic carbocycles. The van der Waals surface area contributed by atoms with Gasteiger partial charge in [0, 0.05) is 25.4 Å². The minimum absolute atomic E-state index is 0.237. The molecular formula is C22H31N3O6. The van der Waals surface area contributed by atoms with Crippen molar-refractivity contribution in [2.45, 2.75) is 51.7 Å². The molecule has 2 rings (SSSR count). The fourth-order valence-electron chi connectivity index (χ4n) is 3.39. The maximum atomic E-state index is 13.2. The summed E-state index contributed by atoms with van der Waals surface area (Å²) in [5.74, 6) is -1.99. The summed E-state index contributed by atoms with van der Waals surface area (Å²) >= 11 is 0. The Morgan fingerprint density at radius 3 is 2.29 bits per heavy atom. The fraction of sp³-hybridized carbons (Fsp3) is 0.545. The minimum atomic E-state index is -1.10. The van der Waals surface area contributed by atoms with Crippen LogP contribution >= 0.6 is 0 Å². The minimum Gasteiger partial charge on any atom is -0.480 e. The van der Waals surface area contributed by atoms with Crippen LogP contribution in [0.1, 0.15) is 39.2 Å². The van der Waals surface area contributed by atoms with Crippen LogP contribution in [-0.2, 0) is 25.5 Å². The number of ether oxygens (including phenoxy) is 1. The number of rotatable bonds is 7. The lowest BCUT2D eigenvalue weighted by atomic mass is 9.95. The van der Waals surface area contributed by atoms with Gasteiger partial charge < -0.3 is 25.4 Å². The van der Waals surface area contributed by atoms with Gasteiger partial charge in [-0.15, -0.1) is 0 Å². The summed E-state index contributed by atoms with van der Waals surface area (Å²) in [4.78, 5) is 49.8.